The summed E-state index contributed by atoms with van der Waals surface area (Å²) in [6.45, 7) is 3.64. The molecule has 0 amide bonds. The van der Waals surface area contributed by atoms with Crippen molar-refractivity contribution >= 4 is 17.5 Å². The smallest absolute Gasteiger partial charge is 0.145 e. The van der Waals surface area contributed by atoms with E-state index in [-0.39, 0.29) is 5.25 Å². The molecule has 11 heavy (non-hydrogen) atoms. The number of rotatable bonds is 3. The van der Waals surface area contributed by atoms with E-state index in [0.717, 1.165) is 25.0 Å². The second-order valence-electron chi connectivity index (χ2n) is 2.82. The lowest BCUT2D eigenvalue weighted by Crippen LogP contribution is -2.21. The fourth-order valence-electron chi connectivity index (χ4n) is 1.31. The summed E-state index contributed by atoms with van der Waals surface area (Å²) in [7, 11) is 0. The van der Waals surface area contributed by atoms with Gasteiger partial charge in [0.05, 0.1) is 5.25 Å². The van der Waals surface area contributed by atoms with E-state index in [1.807, 2.05) is 6.08 Å². The van der Waals surface area contributed by atoms with Gasteiger partial charge < -0.3 is 0 Å². The first-order valence-electron chi connectivity index (χ1n) is 4.10. The van der Waals surface area contributed by atoms with Crippen molar-refractivity contribution in [3.63, 3.8) is 0 Å². The molecule has 0 saturated heterocycles. The largest absolute Gasteiger partial charge is 0.298 e. The fourth-order valence-corrected chi connectivity index (χ4v) is 2.32. The van der Waals surface area contributed by atoms with Gasteiger partial charge in [-0.25, -0.2) is 0 Å². The zero-order valence-corrected chi connectivity index (χ0v) is 7.53. The zero-order valence-electron chi connectivity index (χ0n) is 6.71. The molecule has 1 nitrogen and oxygen atoms in total. The first kappa shape index (κ1) is 8.85. The maximum atomic E-state index is 11.2. The number of hydrogen-bond acceptors (Lipinski definition) is 2. The second-order valence-corrected chi connectivity index (χ2v) is 4.06. The van der Waals surface area contributed by atoms with Crippen LogP contribution in [0.4, 0.5) is 0 Å². The van der Waals surface area contributed by atoms with Crippen LogP contribution in [0.5, 0.6) is 0 Å². The van der Waals surface area contributed by atoms with Crippen molar-refractivity contribution in [3.05, 3.63) is 12.7 Å². The molecule has 62 valence electrons. The molecule has 0 aromatic rings. The lowest BCUT2D eigenvalue weighted by atomic mass is 9.99. The van der Waals surface area contributed by atoms with Gasteiger partial charge in [0.15, 0.2) is 0 Å². The quantitative estimate of drug-likeness (QED) is 0.605. The molecule has 1 aliphatic rings. The first-order chi connectivity index (χ1) is 5.34. The third-order valence-electron chi connectivity index (χ3n) is 1.91. The highest BCUT2D eigenvalue weighted by Gasteiger charge is 2.21. The molecule has 2 heteroatoms. The van der Waals surface area contributed by atoms with E-state index in [1.54, 1.807) is 11.8 Å². The molecule has 0 spiro atoms. The molecule has 0 aromatic carbocycles. The number of thioether (sulfide) groups is 1. The van der Waals surface area contributed by atoms with Crippen LogP contribution in [-0.2, 0) is 4.79 Å². The predicted molar refractivity (Wildman–Crippen MR) is 49.9 cm³/mol. The van der Waals surface area contributed by atoms with Crippen LogP contribution in [-0.4, -0.2) is 16.8 Å². The third kappa shape index (κ3) is 2.70. The van der Waals surface area contributed by atoms with Crippen molar-refractivity contribution in [2.45, 2.75) is 30.9 Å². The van der Waals surface area contributed by atoms with E-state index in [1.165, 1.54) is 6.42 Å². The van der Waals surface area contributed by atoms with Crippen molar-refractivity contribution < 1.29 is 4.79 Å². The molecule has 0 bridgehead atoms. The van der Waals surface area contributed by atoms with Gasteiger partial charge in [-0.2, -0.15) is 0 Å². The third-order valence-corrected chi connectivity index (χ3v) is 3.24. The van der Waals surface area contributed by atoms with Crippen LogP contribution in [0.1, 0.15) is 25.7 Å². The van der Waals surface area contributed by atoms with Gasteiger partial charge in [-0.1, -0.05) is 12.5 Å². The predicted octanol–water partition coefficient (Wildman–Crippen LogP) is 2.42. The summed E-state index contributed by atoms with van der Waals surface area (Å²) in [5.74, 6) is 1.36. The Bertz CT molecular complexity index is 154. The minimum Gasteiger partial charge on any atom is -0.298 e. The van der Waals surface area contributed by atoms with Gasteiger partial charge in [0.1, 0.15) is 5.78 Å². The van der Waals surface area contributed by atoms with Crippen LogP contribution >= 0.6 is 11.8 Å². The van der Waals surface area contributed by atoms with Crippen molar-refractivity contribution in [1.29, 1.82) is 0 Å². The number of carbonyl (C=O) groups is 1. The average Bonchev–Trinajstić information content (AvgIpc) is 2.03. The van der Waals surface area contributed by atoms with E-state index in [9.17, 15) is 4.79 Å². The molecule has 1 atom stereocenters. The van der Waals surface area contributed by atoms with Crippen molar-refractivity contribution in [1.82, 2.24) is 0 Å². The molecule has 1 unspecified atom stereocenters. The van der Waals surface area contributed by atoms with Crippen LogP contribution in [0.2, 0.25) is 0 Å². The van der Waals surface area contributed by atoms with Gasteiger partial charge in [0.2, 0.25) is 0 Å². The van der Waals surface area contributed by atoms with Crippen LogP contribution < -0.4 is 0 Å². The molecule has 1 rings (SSSR count). The molecule has 1 fully saturated rings. The summed E-state index contributed by atoms with van der Waals surface area (Å²) in [5.41, 5.74) is 0. The monoisotopic (exact) mass is 170 g/mol. The molecule has 0 radical (unpaired) electrons. The van der Waals surface area contributed by atoms with Crippen molar-refractivity contribution in [2.75, 3.05) is 5.75 Å². The van der Waals surface area contributed by atoms with Crippen LogP contribution in [0, 0.1) is 0 Å². The summed E-state index contributed by atoms with van der Waals surface area (Å²) in [6, 6.07) is 0. The van der Waals surface area contributed by atoms with E-state index >= 15 is 0 Å². The lowest BCUT2D eigenvalue weighted by molar-refractivity contribution is -0.119. The summed E-state index contributed by atoms with van der Waals surface area (Å²) in [5, 5.41) is 0.279. The van der Waals surface area contributed by atoms with Gasteiger partial charge in [0, 0.05) is 12.2 Å². The Labute approximate surface area is 72.2 Å². The maximum Gasteiger partial charge on any atom is 0.145 e. The Morgan fingerprint density at radius 2 is 2.45 bits per heavy atom. The van der Waals surface area contributed by atoms with Crippen LogP contribution in [0.25, 0.3) is 0 Å². The minimum absolute atomic E-state index is 0.279. The molecule has 1 aliphatic carbocycles. The number of ketones is 1. The zero-order chi connectivity index (χ0) is 8.10. The SMILES string of the molecule is C=CCSC1CCCCC1=O. The Balaban J connectivity index is 2.29. The molecule has 1 saturated carbocycles. The number of hydrogen-bond donors (Lipinski definition) is 0. The van der Waals surface area contributed by atoms with Gasteiger partial charge in [-0.15, -0.1) is 18.3 Å². The molecule has 0 aliphatic heterocycles. The Kier molecular flexibility index (Phi) is 3.70. The Hall–Kier alpha value is -0.240. The average molecular weight is 170 g/mol. The van der Waals surface area contributed by atoms with E-state index in [0.29, 0.717) is 5.78 Å². The summed E-state index contributed by atoms with van der Waals surface area (Å²) >= 11 is 1.74. The summed E-state index contributed by atoms with van der Waals surface area (Å²) < 4.78 is 0. The van der Waals surface area contributed by atoms with Crippen LogP contribution in [0.3, 0.4) is 0 Å². The molecule has 0 heterocycles. The number of Topliss-reactive ketones (excluding diaryl/α,β-unsaturated/α-hetero) is 1. The Morgan fingerprint density at radius 3 is 3.09 bits per heavy atom. The van der Waals surface area contributed by atoms with Crippen LogP contribution in [0.15, 0.2) is 12.7 Å². The lowest BCUT2D eigenvalue weighted by Gasteiger charge is -2.18. The molecular weight excluding hydrogens is 156 g/mol. The summed E-state index contributed by atoms with van der Waals surface area (Å²) in [6.07, 6.45) is 6.07. The minimum atomic E-state index is 0.279. The highest BCUT2D eigenvalue weighted by atomic mass is 32.2. The molecule has 0 N–H and O–H groups in total. The summed E-state index contributed by atoms with van der Waals surface area (Å²) in [4.78, 5) is 11.2. The van der Waals surface area contributed by atoms with Gasteiger partial charge in [-0.3, -0.25) is 4.79 Å². The fraction of sp³-hybridized carbons (Fsp3) is 0.667. The highest BCUT2D eigenvalue weighted by Crippen LogP contribution is 2.25. The van der Waals surface area contributed by atoms with Gasteiger partial charge in [-0.05, 0) is 12.8 Å². The standard InChI is InChI=1S/C9H14OS/c1-2-7-11-9-6-4-3-5-8(9)10/h2,9H,1,3-7H2. The Morgan fingerprint density at radius 1 is 1.64 bits per heavy atom. The topological polar surface area (TPSA) is 17.1 Å². The van der Waals surface area contributed by atoms with Gasteiger partial charge >= 0.3 is 0 Å². The molecular formula is C9H14OS. The van der Waals surface area contributed by atoms with Crippen molar-refractivity contribution in [3.8, 4) is 0 Å². The van der Waals surface area contributed by atoms with E-state index in [4.69, 9.17) is 0 Å². The van der Waals surface area contributed by atoms with E-state index < -0.39 is 0 Å². The normalized spacial score (nSPS) is 25.1. The van der Waals surface area contributed by atoms with E-state index in [2.05, 4.69) is 6.58 Å². The molecule has 0 aromatic heterocycles. The highest BCUT2D eigenvalue weighted by molar-refractivity contribution is 8.00. The van der Waals surface area contributed by atoms with Crippen molar-refractivity contribution in [2.24, 2.45) is 0 Å². The second kappa shape index (κ2) is 4.60. The number of carbonyl (C=O) groups excluding carboxylic acids is 1. The first-order valence-corrected chi connectivity index (χ1v) is 5.14. The van der Waals surface area contributed by atoms with Gasteiger partial charge in [0.25, 0.3) is 0 Å². The maximum absolute atomic E-state index is 11.2.